The number of hydrogen-bond acceptors (Lipinski definition) is 2. The number of carbonyl (C=O) groups is 1. The van der Waals surface area contributed by atoms with E-state index in [9.17, 15) is 4.79 Å². The van der Waals surface area contributed by atoms with Crippen molar-refractivity contribution in [3.8, 4) is 0 Å². The van der Waals surface area contributed by atoms with Gasteiger partial charge in [-0.25, -0.2) is 0 Å². The van der Waals surface area contributed by atoms with Gasteiger partial charge >= 0.3 is 0 Å². The van der Waals surface area contributed by atoms with Crippen molar-refractivity contribution in [1.29, 1.82) is 0 Å². The predicted molar refractivity (Wildman–Crippen MR) is 99.1 cm³/mol. The van der Waals surface area contributed by atoms with Crippen LogP contribution in [-0.2, 0) is 11.3 Å². The molecule has 0 aliphatic carbocycles. The molecule has 0 saturated carbocycles. The Labute approximate surface area is 144 Å². The molecule has 1 aliphatic rings. The van der Waals surface area contributed by atoms with Crippen LogP contribution in [0.15, 0.2) is 48.5 Å². The zero-order valence-corrected chi connectivity index (χ0v) is 14.8. The fraction of sp³-hybridized carbons (Fsp3) is 0.381. The summed E-state index contributed by atoms with van der Waals surface area (Å²) >= 11 is 0. The van der Waals surface area contributed by atoms with Gasteiger partial charge in [-0.3, -0.25) is 4.79 Å². The Morgan fingerprint density at radius 2 is 1.88 bits per heavy atom. The van der Waals surface area contributed by atoms with Crippen LogP contribution in [0.25, 0.3) is 0 Å². The summed E-state index contributed by atoms with van der Waals surface area (Å²) in [5, 5.41) is 3.68. The SMILES string of the molecule is CCC(=O)N1c2ccccc2C(NCc2ccc(C)cc2)CC1C. The molecule has 0 spiro atoms. The zero-order valence-electron chi connectivity index (χ0n) is 14.8. The van der Waals surface area contributed by atoms with E-state index in [0.29, 0.717) is 6.42 Å². The van der Waals surface area contributed by atoms with E-state index in [0.717, 1.165) is 18.7 Å². The van der Waals surface area contributed by atoms with Gasteiger partial charge in [-0.2, -0.15) is 0 Å². The number of carbonyl (C=O) groups excluding carboxylic acids is 1. The van der Waals surface area contributed by atoms with E-state index >= 15 is 0 Å². The maximum absolute atomic E-state index is 12.4. The third-order valence-electron chi connectivity index (χ3n) is 4.83. The zero-order chi connectivity index (χ0) is 17.1. The molecule has 3 heteroatoms. The molecule has 2 atom stereocenters. The Bertz CT molecular complexity index is 708. The number of nitrogens with zero attached hydrogens (tertiary/aromatic N) is 1. The number of nitrogens with one attached hydrogen (secondary N) is 1. The lowest BCUT2D eigenvalue weighted by Crippen LogP contribution is -2.45. The Morgan fingerprint density at radius 1 is 1.17 bits per heavy atom. The van der Waals surface area contributed by atoms with Gasteiger partial charge in [0.05, 0.1) is 0 Å². The van der Waals surface area contributed by atoms with Crippen LogP contribution in [0.5, 0.6) is 0 Å². The molecule has 0 bridgehead atoms. The van der Waals surface area contributed by atoms with Gasteiger partial charge in [-0.05, 0) is 37.5 Å². The fourth-order valence-electron chi connectivity index (χ4n) is 3.50. The average Bonchev–Trinajstić information content (AvgIpc) is 2.60. The van der Waals surface area contributed by atoms with Gasteiger partial charge in [0.1, 0.15) is 0 Å². The smallest absolute Gasteiger partial charge is 0.226 e. The second-order valence-corrected chi connectivity index (χ2v) is 6.68. The third-order valence-corrected chi connectivity index (χ3v) is 4.83. The van der Waals surface area contributed by atoms with Gasteiger partial charge in [-0.1, -0.05) is 55.0 Å². The van der Waals surface area contributed by atoms with Crippen LogP contribution in [0.4, 0.5) is 5.69 Å². The highest BCUT2D eigenvalue weighted by molar-refractivity contribution is 5.95. The first-order valence-electron chi connectivity index (χ1n) is 8.80. The standard InChI is InChI=1S/C21H26N2O/c1-4-21(24)23-16(3)13-19(18-7-5-6-8-20(18)23)22-14-17-11-9-15(2)10-12-17/h5-12,16,19,22H,4,13-14H2,1-3H3. The first kappa shape index (κ1) is 16.7. The van der Waals surface area contributed by atoms with Crippen LogP contribution in [0.2, 0.25) is 0 Å². The second-order valence-electron chi connectivity index (χ2n) is 6.68. The van der Waals surface area contributed by atoms with Gasteiger partial charge in [0.2, 0.25) is 5.91 Å². The molecule has 1 amide bonds. The van der Waals surface area contributed by atoms with Crippen LogP contribution in [0.3, 0.4) is 0 Å². The summed E-state index contributed by atoms with van der Waals surface area (Å²) in [4.78, 5) is 14.3. The maximum Gasteiger partial charge on any atom is 0.226 e. The molecule has 1 N–H and O–H groups in total. The first-order chi connectivity index (χ1) is 11.6. The van der Waals surface area contributed by atoms with Gasteiger partial charge in [-0.15, -0.1) is 0 Å². The highest BCUT2D eigenvalue weighted by Gasteiger charge is 2.32. The summed E-state index contributed by atoms with van der Waals surface area (Å²) in [6.45, 7) is 7.02. The lowest BCUT2D eigenvalue weighted by Gasteiger charge is -2.39. The lowest BCUT2D eigenvalue weighted by molar-refractivity contribution is -0.118. The van der Waals surface area contributed by atoms with E-state index in [-0.39, 0.29) is 18.0 Å². The fourth-order valence-corrected chi connectivity index (χ4v) is 3.50. The summed E-state index contributed by atoms with van der Waals surface area (Å²) in [5.74, 6) is 0.201. The maximum atomic E-state index is 12.4. The number of hydrogen-bond donors (Lipinski definition) is 1. The molecule has 2 unspecified atom stereocenters. The van der Waals surface area contributed by atoms with Crippen molar-refractivity contribution in [2.45, 2.75) is 52.2 Å². The molecule has 2 aromatic carbocycles. The van der Waals surface area contributed by atoms with Crippen LogP contribution < -0.4 is 10.2 Å². The van der Waals surface area contributed by atoms with Gasteiger partial charge in [0.25, 0.3) is 0 Å². The largest absolute Gasteiger partial charge is 0.309 e. The Morgan fingerprint density at radius 3 is 2.58 bits per heavy atom. The number of fused-ring (bicyclic) bond motifs is 1. The number of rotatable bonds is 4. The Hall–Kier alpha value is -2.13. The third kappa shape index (κ3) is 3.36. The van der Waals surface area contributed by atoms with Crippen molar-refractivity contribution in [2.75, 3.05) is 4.90 Å². The molecule has 0 radical (unpaired) electrons. The molecule has 2 aromatic rings. The number of benzene rings is 2. The topological polar surface area (TPSA) is 32.3 Å². The quantitative estimate of drug-likeness (QED) is 0.907. The first-order valence-corrected chi connectivity index (χ1v) is 8.80. The molecule has 0 fully saturated rings. The summed E-state index contributed by atoms with van der Waals surface area (Å²) < 4.78 is 0. The lowest BCUT2D eigenvalue weighted by atomic mass is 9.91. The van der Waals surface area contributed by atoms with Crippen molar-refractivity contribution >= 4 is 11.6 Å². The van der Waals surface area contributed by atoms with Crippen molar-refractivity contribution in [1.82, 2.24) is 5.32 Å². The van der Waals surface area contributed by atoms with Crippen LogP contribution in [-0.4, -0.2) is 11.9 Å². The minimum Gasteiger partial charge on any atom is -0.309 e. The van der Waals surface area contributed by atoms with Crippen molar-refractivity contribution in [3.05, 3.63) is 65.2 Å². The van der Waals surface area contributed by atoms with Crippen molar-refractivity contribution in [3.63, 3.8) is 0 Å². The van der Waals surface area contributed by atoms with Crippen molar-refractivity contribution in [2.24, 2.45) is 0 Å². The summed E-state index contributed by atoms with van der Waals surface area (Å²) in [6.07, 6.45) is 1.48. The van der Waals surface area contributed by atoms with Gasteiger partial charge < -0.3 is 10.2 Å². The van der Waals surface area contributed by atoms with E-state index in [1.165, 1.54) is 16.7 Å². The van der Waals surface area contributed by atoms with E-state index in [1.807, 2.05) is 17.9 Å². The number of aryl methyl sites for hydroxylation is 1. The van der Waals surface area contributed by atoms with Crippen LogP contribution in [0, 0.1) is 6.92 Å². The predicted octanol–water partition coefficient (Wildman–Crippen LogP) is 4.36. The minimum atomic E-state index is 0.201. The molecule has 1 aliphatic heterocycles. The highest BCUT2D eigenvalue weighted by atomic mass is 16.2. The number of para-hydroxylation sites is 1. The molecular formula is C21H26N2O. The van der Waals surface area contributed by atoms with E-state index in [2.05, 4.69) is 61.6 Å². The monoisotopic (exact) mass is 322 g/mol. The number of anilines is 1. The second kappa shape index (κ2) is 7.18. The minimum absolute atomic E-state index is 0.201. The Kier molecular flexibility index (Phi) is 5.00. The molecular weight excluding hydrogens is 296 g/mol. The molecule has 0 aromatic heterocycles. The molecule has 24 heavy (non-hydrogen) atoms. The summed E-state index contributed by atoms with van der Waals surface area (Å²) in [6, 6.07) is 17.4. The van der Waals surface area contributed by atoms with E-state index < -0.39 is 0 Å². The molecule has 126 valence electrons. The normalized spacial score (nSPS) is 19.9. The average molecular weight is 322 g/mol. The summed E-state index contributed by atoms with van der Waals surface area (Å²) in [7, 11) is 0. The van der Waals surface area contributed by atoms with Gasteiger partial charge in [0.15, 0.2) is 0 Å². The summed E-state index contributed by atoms with van der Waals surface area (Å²) in [5.41, 5.74) is 4.86. The van der Waals surface area contributed by atoms with E-state index in [4.69, 9.17) is 0 Å². The van der Waals surface area contributed by atoms with Crippen LogP contribution >= 0.6 is 0 Å². The number of amides is 1. The molecule has 3 rings (SSSR count). The molecule has 1 heterocycles. The molecule has 0 saturated heterocycles. The molecule has 3 nitrogen and oxygen atoms in total. The van der Waals surface area contributed by atoms with Crippen LogP contribution in [0.1, 0.15) is 49.4 Å². The Balaban J connectivity index is 1.81. The van der Waals surface area contributed by atoms with Gasteiger partial charge in [0, 0.05) is 30.7 Å². The van der Waals surface area contributed by atoms with Crippen molar-refractivity contribution < 1.29 is 4.79 Å². The highest BCUT2D eigenvalue weighted by Crippen LogP contribution is 2.37. The van der Waals surface area contributed by atoms with E-state index in [1.54, 1.807) is 0 Å².